The molecule has 9 nitrogen and oxygen atoms in total. The molecule has 3 aliphatic rings. The van der Waals surface area contributed by atoms with Crippen molar-refractivity contribution in [1.82, 2.24) is 15.5 Å². The third-order valence-electron chi connectivity index (χ3n) is 6.30. The van der Waals surface area contributed by atoms with Gasteiger partial charge in [-0.25, -0.2) is 4.79 Å². The van der Waals surface area contributed by atoms with E-state index in [1.807, 2.05) is 6.92 Å². The Hall–Kier alpha value is -2.81. The molecule has 0 spiro atoms. The van der Waals surface area contributed by atoms with Crippen molar-refractivity contribution in [3.63, 3.8) is 0 Å². The van der Waals surface area contributed by atoms with Gasteiger partial charge in [-0.05, 0) is 56.7 Å². The first kappa shape index (κ1) is 22.4. The Morgan fingerprint density at radius 2 is 1.97 bits per heavy atom. The number of amides is 4. The molecule has 3 N–H and O–H groups in total. The SMILES string of the molecule is CCNC(=O)Nc1ccc2c(c1)C(=O)N(C)[C@H]1CC[C@@H](CC(=O)NCC3CC3)O[C@@H]1CO2. The zero-order chi connectivity index (χ0) is 22.7. The smallest absolute Gasteiger partial charge is 0.319 e. The number of likely N-dealkylation sites (N-methyl/N-ethyl adjacent to an activating group) is 1. The molecule has 4 amide bonds. The number of hydrogen-bond acceptors (Lipinski definition) is 5. The van der Waals surface area contributed by atoms with Crippen LogP contribution in [0.25, 0.3) is 0 Å². The molecule has 3 atom stereocenters. The lowest BCUT2D eigenvalue weighted by Gasteiger charge is -2.42. The molecule has 1 saturated carbocycles. The maximum atomic E-state index is 13.2. The Labute approximate surface area is 188 Å². The number of carbonyl (C=O) groups is 3. The molecule has 1 aromatic carbocycles. The van der Waals surface area contributed by atoms with Crippen LogP contribution in [0.5, 0.6) is 5.75 Å². The van der Waals surface area contributed by atoms with E-state index in [1.165, 1.54) is 12.8 Å². The summed E-state index contributed by atoms with van der Waals surface area (Å²) in [7, 11) is 1.77. The summed E-state index contributed by atoms with van der Waals surface area (Å²) in [5, 5.41) is 8.39. The van der Waals surface area contributed by atoms with Crippen molar-refractivity contribution >= 4 is 23.5 Å². The first-order chi connectivity index (χ1) is 15.4. The minimum atomic E-state index is -0.326. The summed E-state index contributed by atoms with van der Waals surface area (Å²) in [6.45, 7) is 3.39. The molecular weight excluding hydrogens is 412 g/mol. The highest BCUT2D eigenvalue weighted by atomic mass is 16.5. The van der Waals surface area contributed by atoms with E-state index in [0.717, 1.165) is 13.0 Å². The van der Waals surface area contributed by atoms with E-state index in [2.05, 4.69) is 16.0 Å². The third kappa shape index (κ3) is 5.32. The van der Waals surface area contributed by atoms with Crippen LogP contribution in [0.3, 0.4) is 0 Å². The zero-order valence-corrected chi connectivity index (χ0v) is 18.7. The number of benzene rings is 1. The molecule has 32 heavy (non-hydrogen) atoms. The first-order valence-electron chi connectivity index (χ1n) is 11.5. The van der Waals surface area contributed by atoms with Crippen LogP contribution in [0.4, 0.5) is 10.5 Å². The lowest BCUT2D eigenvalue weighted by atomic mass is 9.94. The number of rotatable bonds is 6. The summed E-state index contributed by atoms with van der Waals surface area (Å²) in [5.41, 5.74) is 0.927. The van der Waals surface area contributed by atoms with Gasteiger partial charge in [-0.2, -0.15) is 0 Å². The monoisotopic (exact) mass is 444 g/mol. The van der Waals surface area contributed by atoms with Gasteiger partial charge in [-0.15, -0.1) is 0 Å². The second kappa shape index (κ2) is 9.77. The normalized spacial score (nSPS) is 24.9. The molecule has 1 aromatic rings. The average Bonchev–Trinajstić information content (AvgIpc) is 3.60. The van der Waals surface area contributed by atoms with Crippen molar-refractivity contribution in [3.8, 4) is 5.75 Å². The van der Waals surface area contributed by atoms with E-state index in [4.69, 9.17) is 9.47 Å². The van der Waals surface area contributed by atoms with Gasteiger partial charge in [-0.1, -0.05) is 0 Å². The van der Waals surface area contributed by atoms with Gasteiger partial charge in [0, 0.05) is 25.8 Å². The Kier molecular flexibility index (Phi) is 6.83. The molecular formula is C23H32N4O5. The lowest BCUT2D eigenvalue weighted by molar-refractivity contribution is -0.134. The fourth-order valence-electron chi connectivity index (χ4n) is 4.30. The molecule has 2 fully saturated rings. The summed E-state index contributed by atoms with van der Waals surface area (Å²) in [5.74, 6) is 0.938. The van der Waals surface area contributed by atoms with E-state index in [9.17, 15) is 14.4 Å². The van der Waals surface area contributed by atoms with Gasteiger partial charge in [0.25, 0.3) is 5.91 Å². The highest BCUT2D eigenvalue weighted by Gasteiger charge is 2.39. The maximum Gasteiger partial charge on any atom is 0.319 e. The summed E-state index contributed by atoms with van der Waals surface area (Å²) >= 11 is 0. The Balaban J connectivity index is 1.41. The summed E-state index contributed by atoms with van der Waals surface area (Å²) in [4.78, 5) is 39.0. The second-order valence-electron chi connectivity index (χ2n) is 8.82. The quantitative estimate of drug-likeness (QED) is 0.623. The largest absolute Gasteiger partial charge is 0.490 e. The third-order valence-corrected chi connectivity index (χ3v) is 6.30. The zero-order valence-electron chi connectivity index (χ0n) is 18.7. The molecule has 9 heteroatoms. The van der Waals surface area contributed by atoms with Crippen molar-refractivity contribution in [1.29, 1.82) is 0 Å². The van der Waals surface area contributed by atoms with Crippen LogP contribution in [-0.2, 0) is 9.53 Å². The number of carbonyl (C=O) groups excluding carboxylic acids is 3. The molecule has 0 bridgehead atoms. The van der Waals surface area contributed by atoms with Crippen LogP contribution in [0.15, 0.2) is 18.2 Å². The van der Waals surface area contributed by atoms with E-state index in [1.54, 1.807) is 30.1 Å². The van der Waals surface area contributed by atoms with Crippen LogP contribution >= 0.6 is 0 Å². The molecule has 174 valence electrons. The fraction of sp³-hybridized carbons (Fsp3) is 0.609. The van der Waals surface area contributed by atoms with Crippen molar-refractivity contribution in [2.24, 2.45) is 5.92 Å². The number of nitrogens with zero attached hydrogens (tertiary/aromatic N) is 1. The first-order valence-corrected chi connectivity index (χ1v) is 11.5. The van der Waals surface area contributed by atoms with Crippen LogP contribution in [0.1, 0.15) is 49.4 Å². The molecule has 0 aromatic heterocycles. The second-order valence-corrected chi connectivity index (χ2v) is 8.82. The molecule has 4 rings (SSSR count). The highest BCUT2D eigenvalue weighted by molar-refractivity contribution is 5.99. The minimum Gasteiger partial charge on any atom is -0.490 e. The molecule has 0 unspecified atom stereocenters. The highest BCUT2D eigenvalue weighted by Crippen LogP contribution is 2.32. The maximum absolute atomic E-state index is 13.2. The van der Waals surface area contributed by atoms with Crippen LogP contribution in [0, 0.1) is 5.92 Å². The Bertz CT molecular complexity index is 872. The Morgan fingerprint density at radius 1 is 1.16 bits per heavy atom. The Morgan fingerprint density at radius 3 is 2.72 bits per heavy atom. The van der Waals surface area contributed by atoms with Gasteiger partial charge < -0.3 is 30.3 Å². The number of urea groups is 1. The van der Waals surface area contributed by atoms with Gasteiger partial charge in [0.15, 0.2) is 0 Å². The molecule has 0 radical (unpaired) electrons. The van der Waals surface area contributed by atoms with Crippen molar-refractivity contribution < 1.29 is 23.9 Å². The minimum absolute atomic E-state index is 0.0222. The summed E-state index contributed by atoms with van der Waals surface area (Å²) in [6, 6.07) is 4.57. The standard InChI is InChI=1S/C23H32N4O5/c1-3-24-23(30)26-15-6-9-19-17(10-15)22(29)27(2)18-8-7-16(32-20(18)13-31-19)11-21(28)25-12-14-4-5-14/h6,9-10,14,16,18,20H,3-5,7-8,11-13H2,1-2H3,(H,25,28)(H2,24,26,30)/t16-,18-,20+/m0/s1. The van der Waals surface area contributed by atoms with Gasteiger partial charge in [0.2, 0.25) is 5.91 Å². The van der Waals surface area contributed by atoms with Crippen LogP contribution in [0.2, 0.25) is 0 Å². The predicted octanol–water partition coefficient (Wildman–Crippen LogP) is 2.12. The van der Waals surface area contributed by atoms with Crippen molar-refractivity contribution in [3.05, 3.63) is 23.8 Å². The topological polar surface area (TPSA) is 109 Å². The molecule has 1 aliphatic carbocycles. The van der Waals surface area contributed by atoms with Crippen molar-refractivity contribution in [2.45, 2.75) is 57.3 Å². The number of hydrogen-bond donors (Lipinski definition) is 3. The average molecular weight is 445 g/mol. The van der Waals surface area contributed by atoms with E-state index in [-0.39, 0.29) is 36.1 Å². The van der Waals surface area contributed by atoms with E-state index in [0.29, 0.717) is 48.9 Å². The van der Waals surface area contributed by atoms with Gasteiger partial charge in [0.05, 0.1) is 24.1 Å². The van der Waals surface area contributed by atoms with E-state index < -0.39 is 0 Å². The summed E-state index contributed by atoms with van der Waals surface area (Å²) < 4.78 is 12.2. The van der Waals surface area contributed by atoms with Crippen LogP contribution in [-0.4, -0.2) is 67.7 Å². The molecule has 1 saturated heterocycles. The fourth-order valence-corrected chi connectivity index (χ4v) is 4.30. The number of anilines is 1. The molecule has 2 aliphatic heterocycles. The lowest BCUT2D eigenvalue weighted by Crippen LogP contribution is -2.54. The van der Waals surface area contributed by atoms with Gasteiger partial charge >= 0.3 is 6.03 Å². The predicted molar refractivity (Wildman–Crippen MR) is 119 cm³/mol. The van der Waals surface area contributed by atoms with Gasteiger partial charge in [-0.3, -0.25) is 9.59 Å². The van der Waals surface area contributed by atoms with Crippen LogP contribution < -0.4 is 20.7 Å². The summed E-state index contributed by atoms with van der Waals surface area (Å²) in [6.07, 6.45) is 3.70. The number of ether oxygens (including phenoxy) is 2. The van der Waals surface area contributed by atoms with E-state index >= 15 is 0 Å². The molecule has 2 heterocycles. The number of fused-ring (bicyclic) bond motifs is 2. The van der Waals surface area contributed by atoms with Crippen molar-refractivity contribution in [2.75, 3.05) is 32.1 Å². The number of nitrogens with one attached hydrogen (secondary N) is 3. The van der Waals surface area contributed by atoms with Gasteiger partial charge in [0.1, 0.15) is 18.5 Å².